The fourth-order valence-corrected chi connectivity index (χ4v) is 4.38. The Kier molecular flexibility index (Phi) is 7.25. The summed E-state index contributed by atoms with van der Waals surface area (Å²) >= 11 is 1.57. The molecule has 0 aliphatic carbocycles. The van der Waals surface area contributed by atoms with E-state index in [2.05, 4.69) is 0 Å². The van der Waals surface area contributed by atoms with Crippen molar-refractivity contribution in [2.24, 2.45) is 0 Å². The topological polar surface area (TPSA) is 29.5 Å². The van der Waals surface area contributed by atoms with Crippen LogP contribution >= 0.6 is 23.5 Å². The summed E-state index contributed by atoms with van der Waals surface area (Å²) in [7, 11) is 0. The Morgan fingerprint density at radius 3 is 1.96 bits per heavy atom. The maximum Gasteiger partial charge on any atom is 0.427 e. The predicted molar refractivity (Wildman–Crippen MR) is 95.6 cm³/mol. The molecule has 0 saturated carbocycles. The molecule has 0 aliphatic heterocycles. The van der Waals surface area contributed by atoms with E-state index in [9.17, 15) is 18.3 Å². The van der Waals surface area contributed by atoms with Gasteiger partial charge in [-0.1, -0.05) is 59.9 Å². The molecule has 2 aromatic carbocycles. The first-order valence-electron chi connectivity index (χ1n) is 7.70. The Morgan fingerprint density at radius 2 is 1.48 bits per heavy atom. The molecule has 0 heterocycles. The summed E-state index contributed by atoms with van der Waals surface area (Å²) in [4.78, 5) is -1.80. The number of alkyl halides is 3. The van der Waals surface area contributed by atoms with Gasteiger partial charge in [0.05, 0.1) is 0 Å². The van der Waals surface area contributed by atoms with E-state index in [1.54, 1.807) is 61.5 Å². The van der Waals surface area contributed by atoms with Gasteiger partial charge in [0, 0.05) is 22.8 Å². The fourth-order valence-electron chi connectivity index (χ4n) is 2.10. The number of benzene rings is 2. The second-order valence-electron chi connectivity index (χ2n) is 5.22. The normalized spacial score (nSPS) is 15.6. The molecule has 1 N–H and O–H groups in total. The third kappa shape index (κ3) is 5.95. The summed E-state index contributed by atoms with van der Waals surface area (Å²) < 4.78 is 46.2. The minimum atomic E-state index is -4.79. The van der Waals surface area contributed by atoms with Crippen molar-refractivity contribution in [3.05, 3.63) is 60.7 Å². The van der Waals surface area contributed by atoms with Gasteiger partial charge in [0.15, 0.2) is 0 Å². The van der Waals surface area contributed by atoms with Crippen molar-refractivity contribution in [3.63, 3.8) is 0 Å². The molecule has 2 unspecified atom stereocenters. The molecule has 0 saturated heterocycles. The summed E-state index contributed by atoms with van der Waals surface area (Å²) in [6.07, 6.45) is -5.37. The van der Waals surface area contributed by atoms with Crippen molar-refractivity contribution in [1.82, 2.24) is 0 Å². The Bertz CT molecular complexity index is 638. The number of hydrogen-bond acceptors (Lipinski definition) is 4. The maximum atomic E-state index is 13.6. The zero-order chi connectivity index (χ0) is 18.3. The molecule has 25 heavy (non-hydrogen) atoms. The van der Waals surface area contributed by atoms with Gasteiger partial charge in [-0.05, 0) is 31.2 Å². The summed E-state index contributed by atoms with van der Waals surface area (Å²) in [6.45, 7) is 1.98. The Hall–Kier alpha value is -1.15. The zero-order valence-corrected chi connectivity index (χ0v) is 15.2. The molecule has 0 amide bonds. The number of rotatable bonds is 8. The highest BCUT2D eigenvalue weighted by Crippen LogP contribution is 2.48. The highest BCUT2D eigenvalue weighted by atomic mass is 32.2. The number of thioether (sulfide) groups is 2. The minimum absolute atomic E-state index is 0.258. The molecule has 2 aromatic rings. The van der Waals surface area contributed by atoms with Crippen molar-refractivity contribution >= 4 is 23.5 Å². The standard InChI is InChI=1S/C18H19F3O2S2/c1-2-23-16(24-14-9-5-3-6-10-14)13-17(22,18(19,20)21)25-15-11-7-4-8-12-15/h3-12,16,22H,2,13H2,1H3. The average Bonchev–Trinajstić information content (AvgIpc) is 2.56. The van der Waals surface area contributed by atoms with Gasteiger partial charge in [0.25, 0.3) is 0 Å². The molecule has 0 aliphatic rings. The van der Waals surface area contributed by atoms with Crippen LogP contribution in [0.4, 0.5) is 13.2 Å². The van der Waals surface area contributed by atoms with Crippen LogP contribution in [-0.2, 0) is 4.74 Å². The molecule has 0 bridgehead atoms. The van der Waals surface area contributed by atoms with Crippen LogP contribution in [0.15, 0.2) is 70.5 Å². The molecule has 136 valence electrons. The molecule has 2 atom stereocenters. The smallest absolute Gasteiger partial charge is 0.371 e. The third-order valence-electron chi connectivity index (χ3n) is 3.28. The minimum Gasteiger partial charge on any atom is -0.371 e. The Labute approximate surface area is 153 Å². The molecular weight excluding hydrogens is 369 g/mol. The van der Waals surface area contributed by atoms with Gasteiger partial charge in [0.2, 0.25) is 4.93 Å². The van der Waals surface area contributed by atoms with Crippen molar-refractivity contribution < 1.29 is 23.0 Å². The van der Waals surface area contributed by atoms with Gasteiger partial charge in [-0.2, -0.15) is 13.2 Å². The largest absolute Gasteiger partial charge is 0.427 e. The number of hydrogen-bond donors (Lipinski definition) is 1. The molecule has 0 fully saturated rings. The second-order valence-corrected chi connectivity index (χ2v) is 7.80. The molecular formula is C18H19F3O2S2. The monoisotopic (exact) mass is 388 g/mol. The van der Waals surface area contributed by atoms with E-state index >= 15 is 0 Å². The highest BCUT2D eigenvalue weighted by Gasteiger charge is 2.55. The molecule has 2 nitrogen and oxygen atoms in total. The van der Waals surface area contributed by atoms with Crippen LogP contribution in [0, 0.1) is 0 Å². The molecule has 7 heteroatoms. The van der Waals surface area contributed by atoms with Gasteiger partial charge < -0.3 is 9.84 Å². The van der Waals surface area contributed by atoms with Gasteiger partial charge >= 0.3 is 6.18 Å². The first kappa shape index (κ1) is 20.2. The van der Waals surface area contributed by atoms with Crippen LogP contribution in [0.2, 0.25) is 0 Å². The Morgan fingerprint density at radius 1 is 0.960 bits per heavy atom. The lowest BCUT2D eigenvalue weighted by Crippen LogP contribution is -2.44. The van der Waals surface area contributed by atoms with Crippen LogP contribution in [0.1, 0.15) is 13.3 Å². The lowest BCUT2D eigenvalue weighted by atomic mass is 10.2. The van der Waals surface area contributed by atoms with Crippen molar-refractivity contribution in [2.45, 2.75) is 39.7 Å². The van der Waals surface area contributed by atoms with Crippen molar-refractivity contribution in [3.8, 4) is 0 Å². The summed E-state index contributed by atoms with van der Waals surface area (Å²) in [5.41, 5.74) is -0.824. The van der Waals surface area contributed by atoms with E-state index < -0.39 is 23.0 Å². The first-order valence-corrected chi connectivity index (χ1v) is 9.40. The molecule has 0 spiro atoms. The molecule has 0 aromatic heterocycles. The Balaban J connectivity index is 2.20. The predicted octanol–water partition coefficient (Wildman–Crippen LogP) is 5.57. The quantitative estimate of drug-likeness (QED) is 0.473. The van der Waals surface area contributed by atoms with Gasteiger partial charge in [-0.15, -0.1) is 0 Å². The van der Waals surface area contributed by atoms with Gasteiger partial charge in [-0.25, -0.2) is 0 Å². The molecule has 2 rings (SSSR count). The molecule has 0 radical (unpaired) electrons. The van der Waals surface area contributed by atoms with E-state index in [1.165, 1.54) is 11.8 Å². The van der Waals surface area contributed by atoms with Crippen LogP contribution in [-0.4, -0.2) is 28.3 Å². The summed E-state index contributed by atoms with van der Waals surface area (Å²) in [6, 6.07) is 17.1. The van der Waals surface area contributed by atoms with Gasteiger partial charge in [0.1, 0.15) is 5.44 Å². The van der Waals surface area contributed by atoms with E-state index in [-0.39, 0.29) is 6.61 Å². The maximum absolute atomic E-state index is 13.6. The average molecular weight is 388 g/mol. The number of halogens is 3. The second kappa shape index (κ2) is 8.98. The number of ether oxygens (including phenoxy) is 1. The van der Waals surface area contributed by atoms with Crippen LogP contribution in [0.3, 0.4) is 0 Å². The lowest BCUT2D eigenvalue weighted by Gasteiger charge is -2.32. The fraction of sp³-hybridized carbons (Fsp3) is 0.333. The van der Waals surface area contributed by atoms with E-state index in [1.807, 2.05) is 6.07 Å². The number of aliphatic hydroxyl groups is 1. The third-order valence-corrected chi connectivity index (χ3v) is 5.63. The van der Waals surface area contributed by atoms with Crippen LogP contribution in [0.25, 0.3) is 0 Å². The summed E-state index contributed by atoms with van der Waals surface area (Å²) in [5.74, 6) is 0. The van der Waals surface area contributed by atoms with Gasteiger partial charge in [-0.3, -0.25) is 0 Å². The highest BCUT2D eigenvalue weighted by molar-refractivity contribution is 8.01. The zero-order valence-electron chi connectivity index (χ0n) is 13.6. The summed E-state index contributed by atoms with van der Waals surface area (Å²) in [5, 5.41) is 10.4. The van der Waals surface area contributed by atoms with E-state index in [4.69, 9.17) is 4.74 Å². The lowest BCUT2D eigenvalue weighted by molar-refractivity contribution is -0.226. The van der Waals surface area contributed by atoms with Crippen molar-refractivity contribution in [2.75, 3.05) is 6.61 Å². The van der Waals surface area contributed by atoms with E-state index in [0.717, 1.165) is 4.90 Å². The SMILES string of the molecule is CCOC(CC(O)(Sc1ccccc1)C(F)(F)F)Sc1ccccc1. The van der Waals surface area contributed by atoms with Crippen LogP contribution in [0.5, 0.6) is 0 Å². The van der Waals surface area contributed by atoms with E-state index in [0.29, 0.717) is 16.7 Å². The van der Waals surface area contributed by atoms with Crippen molar-refractivity contribution in [1.29, 1.82) is 0 Å². The van der Waals surface area contributed by atoms with Crippen LogP contribution < -0.4 is 0 Å². The first-order chi connectivity index (χ1) is 11.8.